The van der Waals surface area contributed by atoms with Crippen LogP contribution in [0.4, 0.5) is 5.69 Å². The Morgan fingerprint density at radius 2 is 1.83 bits per heavy atom. The molecule has 0 unspecified atom stereocenters. The molecule has 0 fully saturated rings. The number of nitro benzene ring substituents is 1. The van der Waals surface area contributed by atoms with Crippen molar-refractivity contribution in [3.8, 4) is 5.75 Å². The second kappa shape index (κ2) is 7.17. The van der Waals surface area contributed by atoms with Gasteiger partial charge in [-0.3, -0.25) is 14.9 Å². The lowest BCUT2D eigenvalue weighted by atomic mass is 10.1. The second-order valence-electron chi connectivity index (χ2n) is 4.64. The van der Waals surface area contributed by atoms with E-state index in [9.17, 15) is 14.9 Å². The van der Waals surface area contributed by atoms with Gasteiger partial charge < -0.3 is 4.74 Å². The second-order valence-corrected chi connectivity index (χ2v) is 4.64. The third-order valence-electron chi connectivity index (χ3n) is 3.17. The number of ether oxygens (including phenoxy) is 1. The molecule has 23 heavy (non-hydrogen) atoms. The molecule has 0 saturated carbocycles. The van der Waals surface area contributed by atoms with Crippen LogP contribution in [0.15, 0.2) is 53.6 Å². The van der Waals surface area contributed by atoms with E-state index in [-0.39, 0.29) is 5.69 Å². The Labute approximate surface area is 132 Å². The molecule has 0 radical (unpaired) electrons. The third-order valence-corrected chi connectivity index (χ3v) is 3.17. The van der Waals surface area contributed by atoms with E-state index in [1.807, 2.05) is 0 Å². The molecule has 0 saturated heterocycles. The minimum Gasteiger partial charge on any atom is -0.496 e. The minimum absolute atomic E-state index is 0.000363. The van der Waals surface area contributed by atoms with E-state index < -0.39 is 10.8 Å². The van der Waals surface area contributed by atoms with E-state index >= 15 is 0 Å². The summed E-state index contributed by atoms with van der Waals surface area (Å²) in [5.41, 5.74) is 4.02. The first kappa shape index (κ1) is 16.2. The number of methoxy groups -OCH3 is 1. The summed E-state index contributed by atoms with van der Waals surface area (Å²) < 4.78 is 5.12. The molecule has 0 aliphatic heterocycles. The van der Waals surface area contributed by atoms with Gasteiger partial charge >= 0.3 is 0 Å². The van der Waals surface area contributed by atoms with Crippen molar-refractivity contribution in [3.63, 3.8) is 0 Å². The minimum atomic E-state index is -0.473. The number of carbonyl (C=O) groups is 1. The first-order valence-corrected chi connectivity index (χ1v) is 6.75. The molecule has 0 aliphatic rings. The van der Waals surface area contributed by atoms with E-state index in [1.54, 1.807) is 43.3 Å². The largest absolute Gasteiger partial charge is 0.496 e. The highest BCUT2D eigenvalue weighted by Crippen LogP contribution is 2.17. The van der Waals surface area contributed by atoms with Crippen molar-refractivity contribution in [2.24, 2.45) is 5.10 Å². The topological polar surface area (TPSA) is 93.8 Å². The maximum atomic E-state index is 12.1. The molecule has 0 aromatic heterocycles. The number of carbonyl (C=O) groups excluding carboxylic acids is 1. The molecule has 1 amide bonds. The number of nitrogens with one attached hydrogen (secondary N) is 1. The smallest absolute Gasteiger partial charge is 0.275 e. The van der Waals surface area contributed by atoms with Crippen molar-refractivity contribution in [1.82, 2.24) is 5.43 Å². The molecule has 0 atom stereocenters. The van der Waals surface area contributed by atoms with Gasteiger partial charge in [0.25, 0.3) is 11.6 Å². The summed E-state index contributed by atoms with van der Waals surface area (Å²) >= 11 is 0. The molecule has 2 aromatic rings. The van der Waals surface area contributed by atoms with Crippen LogP contribution in [-0.4, -0.2) is 23.7 Å². The predicted octanol–water partition coefficient (Wildman–Crippen LogP) is 2.76. The van der Waals surface area contributed by atoms with Gasteiger partial charge in [0.05, 0.1) is 23.3 Å². The normalized spacial score (nSPS) is 11.0. The molecule has 118 valence electrons. The first-order valence-electron chi connectivity index (χ1n) is 6.75. The Balaban J connectivity index is 2.12. The fraction of sp³-hybridized carbons (Fsp3) is 0.125. The molecule has 7 heteroatoms. The van der Waals surface area contributed by atoms with Crippen LogP contribution < -0.4 is 10.2 Å². The summed E-state index contributed by atoms with van der Waals surface area (Å²) in [7, 11) is 1.48. The van der Waals surface area contributed by atoms with Crippen LogP contribution in [0.5, 0.6) is 5.75 Å². The Hall–Kier alpha value is -3.22. The molecule has 2 rings (SSSR count). The number of rotatable bonds is 5. The summed E-state index contributed by atoms with van der Waals surface area (Å²) in [6.07, 6.45) is 0. The molecule has 0 bridgehead atoms. The Bertz CT molecular complexity index is 754. The first-order chi connectivity index (χ1) is 11.0. The SMILES string of the molecule is COc1ccccc1C(=O)NN=C(C)c1ccc([N+](=O)[O-])cc1. The number of hydrogen-bond acceptors (Lipinski definition) is 5. The van der Waals surface area contributed by atoms with Gasteiger partial charge in [0.15, 0.2) is 0 Å². The van der Waals surface area contributed by atoms with Gasteiger partial charge in [0.2, 0.25) is 0 Å². The van der Waals surface area contributed by atoms with E-state index in [2.05, 4.69) is 10.5 Å². The zero-order valence-electron chi connectivity index (χ0n) is 12.6. The zero-order valence-corrected chi connectivity index (χ0v) is 12.6. The van der Waals surface area contributed by atoms with Crippen LogP contribution in [0.1, 0.15) is 22.8 Å². The maximum Gasteiger partial charge on any atom is 0.275 e. The van der Waals surface area contributed by atoms with Crippen molar-refractivity contribution in [3.05, 3.63) is 69.8 Å². The predicted molar refractivity (Wildman–Crippen MR) is 85.8 cm³/mol. The molecule has 0 heterocycles. The average molecular weight is 313 g/mol. The molecule has 1 N–H and O–H groups in total. The standard InChI is InChI=1S/C16H15N3O4/c1-11(12-7-9-13(10-8-12)19(21)22)17-18-16(20)14-5-3-4-6-15(14)23-2/h3-10H,1-2H3,(H,18,20). The van der Waals surface area contributed by atoms with Crippen molar-refractivity contribution < 1.29 is 14.5 Å². The summed E-state index contributed by atoms with van der Waals surface area (Å²) in [6, 6.07) is 12.7. The van der Waals surface area contributed by atoms with E-state index in [4.69, 9.17) is 4.74 Å². The third kappa shape index (κ3) is 3.91. The van der Waals surface area contributed by atoms with Crippen LogP contribution in [-0.2, 0) is 0 Å². The number of nitro groups is 1. The van der Waals surface area contributed by atoms with Gasteiger partial charge in [-0.15, -0.1) is 0 Å². The molecule has 0 aliphatic carbocycles. The molecule has 7 nitrogen and oxygen atoms in total. The maximum absolute atomic E-state index is 12.1. The van der Waals surface area contributed by atoms with Gasteiger partial charge in [-0.25, -0.2) is 5.43 Å². The number of amides is 1. The van der Waals surface area contributed by atoms with Gasteiger partial charge in [-0.1, -0.05) is 12.1 Å². The highest BCUT2D eigenvalue weighted by molar-refractivity contribution is 6.01. The summed E-state index contributed by atoms with van der Waals surface area (Å²) in [6.45, 7) is 1.70. The molecular formula is C16H15N3O4. The molecular weight excluding hydrogens is 298 g/mol. The van der Waals surface area contributed by atoms with Crippen LogP contribution in [0.25, 0.3) is 0 Å². The number of benzene rings is 2. The Morgan fingerprint density at radius 3 is 2.43 bits per heavy atom. The van der Waals surface area contributed by atoms with Gasteiger partial charge in [0, 0.05) is 12.1 Å². The lowest BCUT2D eigenvalue weighted by Gasteiger charge is -2.07. The Kier molecular flexibility index (Phi) is 5.03. The number of hydrazone groups is 1. The van der Waals surface area contributed by atoms with Gasteiger partial charge in [-0.2, -0.15) is 5.10 Å². The zero-order chi connectivity index (χ0) is 16.8. The monoisotopic (exact) mass is 313 g/mol. The fourth-order valence-electron chi connectivity index (χ4n) is 1.92. The number of hydrogen-bond donors (Lipinski definition) is 1. The van der Waals surface area contributed by atoms with E-state index in [1.165, 1.54) is 19.2 Å². The van der Waals surface area contributed by atoms with Crippen LogP contribution >= 0.6 is 0 Å². The van der Waals surface area contributed by atoms with Crippen molar-refractivity contribution in [2.75, 3.05) is 7.11 Å². The molecule has 0 spiro atoms. The summed E-state index contributed by atoms with van der Waals surface area (Å²) in [5.74, 6) is 0.0527. The highest BCUT2D eigenvalue weighted by atomic mass is 16.6. The average Bonchev–Trinajstić information content (AvgIpc) is 2.59. The Morgan fingerprint density at radius 1 is 1.17 bits per heavy atom. The van der Waals surface area contributed by atoms with E-state index in [0.717, 1.165) is 0 Å². The van der Waals surface area contributed by atoms with Crippen molar-refractivity contribution in [1.29, 1.82) is 0 Å². The lowest BCUT2D eigenvalue weighted by Crippen LogP contribution is -2.20. The highest BCUT2D eigenvalue weighted by Gasteiger charge is 2.11. The van der Waals surface area contributed by atoms with E-state index in [0.29, 0.717) is 22.6 Å². The summed E-state index contributed by atoms with van der Waals surface area (Å²) in [5, 5.41) is 14.6. The van der Waals surface area contributed by atoms with Gasteiger partial charge in [0.1, 0.15) is 5.75 Å². The lowest BCUT2D eigenvalue weighted by molar-refractivity contribution is -0.384. The van der Waals surface area contributed by atoms with Crippen molar-refractivity contribution >= 4 is 17.3 Å². The van der Waals surface area contributed by atoms with Crippen LogP contribution in [0.2, 0.25) is 0 Å². The van der Waals surface area contributed by atoms with Crippen LogP contribution in [0.3, 0.4) is 0 Å². The van der Waals surface area contributed by atoms with Crippen LogP contribution in [0, 0.1) is 10.1 Å². The number of para-hydroxylation sites is 1. The number of nitrogens with zero attached hydrogens (tertiary/aromatic N) is 2. The number of non-ortho nitro benzene ring substituents is 1. The quantitative estimate of drug-likeness (QED) is 0.521. The molecule has 2 aromatic carbocycles. The van der Waals surface area contributed by atoms with Gasteiger partial charge in [-0.05, 0) is 36.8 Å². The summed E-state index contributed by atoms with van der Waals surface area (Å²) in [4.78, 5) is 22.3. The fourth-order valence-corrected chi connectivity index (χ4v) is 1.92. The van der Waals surface area contributed by atoms with Crippen molar-refractivity contribution in [2.45, 2.75) is 6.92 Å².